The van der Waals surface area contributed by atoms with E-state index in [0.29, 0.717) is 23.9 Å². The number of rotatable bonds is 6. The number of carbonyl (C=O) groups is 1. The van der Waals surface area contributed by atoms with Crippen LogP contribution in [0.25, 0.3) is 0 Å². The first-order chi connectivity index (χ1) is 14.1. The number of carbonyl (C=O) groups excluding carboxylic acids is 1. The van der Waals surface area contributed by atoms with Crippen molar-refractivity contribution in [2.75, 3.05) is 18.5 Å². The van der Waals surface area contributed by atoms with Gasteiger partial charge in [-0.05, 0) is 38.8 Å². The van der Waals surface area contributed by atoms with Crippen molar-refractivity contribution in [1.82, 2.24) is 19.9 Å². The van der Waals surface area contributed by atoms with E-state index in [0.717, 1.165) is 28.5 Å². The lowest BCUT2D eigenvalue weighted by molar-refractivity contribution is -0.134. The van der Waals surface area contributed by atoms with Crippen LogP contribution in [0.2, 0.25) is 0 Å². The zero-order valence-electron chi connectivity index (χ0n) is 16.5. The molecule has 1 aliphatic heterocycles. The van der Waals surface area contributed by atoms with Gasteiger partial charge in [0.05, 0.1) is 11.7 Å². The predicted octanol–water partition coefficient (Wildman–Crippen LogP) is 4.04. The zero-order chi connectivity index (χ0) is 20.2. The Labute approximate surface area is 173 Å². The van der Waals surface area contributed by atoms with Gasteiger partial charge in [0.25, 0.3) is 5.91 Å². The molecule has 1 amide bonds. The van der Waals surface area contributed by atoms with Crippen LogP contribution >= 0.6 is 11.3 Å². The van der Waals surface area contributed by atoms with Crippen molar-refractivity contribution in [3.8, 4) is 5.75 Å². The fourth-order valence-electron chi connectivity index (χ4n) is 3.47. The van der Waals surface area contributed by atoms with Gasteiger partial charge in [-0.15, -0.1) is 11.3 Å². The van der Waals surface area contributed by atoms with Crippen LogP contribution in [0.4, 0.5) is 10.9 Å². The number of ether oxygens (including phenoxy) is 1. The molecular formula is C21H23N5O2S. The molecular weight excluding hydrogens is 386 g/mol. The minimum absolute atomic E-state index is 0.0219. The molecule has 0 aliphatic carbocycles. The van der Waals surface area contributed by atoms with E-state index in [1.54, 1.807) is 11.3 Å². The third kappa shape index (κ3) is 4.71. The lowest BCUT2D eigenvalue weighted by Gasteiger charge is -2.25. The molecule has 150 valence electrons. The summed E-state index contributed by atoms with van der Waals surface area (Å²) < 4.78 is 5.65. The molecule has 29 heavy (non-hydrogen) atoms. The molecule has 7 nitrogen and oxygen atoms in total. The van der Waals surface area contributed by atoms with E-state index in [2.05, 4.69) is 20.3 Å². The molecule has 0 saturated carbocycles. The number of amides is 1. The number of aryl methyl sites for hydroxylation is 2. The quantitative estimate of drug-likeness (QED) is 0.662. The van der Waals surface area contributed by atoms with Crippen molar-refractivity contribution in [2.45, 2.75) is 32.7 Å². The normalized spacial score (nSPS) is 16.1. The number of hydrogen-bond acceptors (Lipinski definition) is 7. The van der Waals surface area contributed by atoms with Gasteiger partial charge in [0.2, 0.25) is 0 Å². The average Bonchev–Trinajstić information content (AvgIpc) is 3.36. The number of anilines is 2. The molecule has 8 heteroatoms. The molecule has 1 aromatic carbocycles. The SMILES string of the molecule is Cc1nc(Nc2ncc(C)s2)cc([C@@H]2CCCN2C(=O)COc2ccccc2)n1. The van der Waals surface area contributed by atoms with Crippen LogP contribution in [-0.2, 0) is 4.79 Å². The van der Waals surface area contributed by atoms with Gasteiger partial charge < -0.3 is 15.0 Å². The molecule has 1 N–H and O–H groups in total. The third-order valence-electron chi connectivity index (χ3n) is 4.73. The molecule has 3 aromatic rings. The monoisotopic (exact) mass is 409 g/mol. The van der Waals surface area contributed by atoms with Gasteiger partial charge in [-0.1, -0.05) is 18.2 Å². The highest BCUT2D eigenvalue weighted by Gasteiger charge is 2.31. The number of para-hydroxylation sites is 1. The molecule has 1 atom stereocenters. The molecule has 1 saturated heterocycles. The smallest absolute Gasteiger partial charge is 0.261 e. The van der Waals surface area contributed by atoms with Crippen LogP contribution in [0, 0.1) is 13.8 Å². The highest BCUT2D eigenvalue weighted by molar-refractivity contribution is 7.15. The standard InChI is InChI=1S/C21H23N5O2S/c1-14-12-22-21(29-14)25-19-11-17(23-15(2)24-19)18-9-6-10-26(18)20(27)13-28-16-7-4-3-5-8-16/h3-5,7-8,11-12,18H,6,9-10,13H2,1-2H3,(H,22,23,24,25)/t18-/m0/s1. The van der Waals surface area contributed by atoms with Crippen molar-refractivity contribution >= 4 is 28.2 Å². The molecule has 0 unspecified atom stereocenters. The Balaban J connectivity index is 1.48. The van der Waals surface area contributed by atoms with E-state index < -0.39 is 0 Å². The second-order valence-corrected chi connectivity index (χ2v) is 8.21. The largest absolute Gasteiger partial charge is 0.484 e. The fraction of sp³-hybridized carbons (Fsp3) is 0.333. The lowest BCUT2D eigenvalue weighted by atomic mass is 10.1. The van der Waals surface area contributed by atoms with Crippen molar-refractivity contribution < 1.29 is 9.53 Å². The number of benzene rings is 1. The van der Waals surface area contributed by atoms with Crippen LogP contribution in [-0.4, -0.2) is 38.9 Å². The topological polar surface area (TPSA) is 80.2 Å². The third-order valence-corrected chi connectivity index (χ3v) is 5.56. The van der Waals surface area contributed by atoms with Gasteiger partial charge >= 0.3 is 0 Å². The molecule has 0 bridgehead atoms. The Bertz CT molecular complexity index is 992. The second kappa shape index (κ2) is 8.57. The van der Waals surface area contributed by atoms with Gasteiger partial charge in [0.1, 0.15) is 17.4 Å². The number of likely N-dealkylation sites (tertiary alicyclic amines) is 1. The lowest BCUT2D eigenvalue weighted by Crippen LogP contribution is -2.35. The van der Waals surface area contributed by atoms with Crippen LogP contribution < -0.4 is 10.1 Å². The summed E-state index contributed by atoms with van der Waals surface area (Å²) in [7, 11) is 0. The summed E-state index contributed by atoms with van der Waals surface area (Å²) in [5, 5.41) is 4.04. The Kier molecular flexibility index (Phi) is 5.71. The van der Waals surface area contributed by atoms with Crippen LogP contribution in [0.5, 0.6) is 5.75 Å². The molecule has 0 radical (unpaired) electrons. The zero-order valence-corrected chi connectivity index (χ0v) is 17.3. The van der Waals surface area contributed by atoms with Crippen molar-refractivity contribution in [2.24, 2.45) is 0 Å². The van der Waals surface area contributed by atoms with E-state index in [9.17, 15) is 4.79 Å². The summed E-state index contributed by atoms with van der Waals surface area (Å²) in [4.78, 5) is 29.2. The molecule has 3 heterocycles. The molecule has 0 spiro atoms. The first kappa shape index (κ1) is 19.3. The molecule has 1 fully saturated rings. The molecule has 2 aromatic heterocycles. The van der Waals surface area contributed by atoms with Gasteiger partial charge in [0.15, 0.2) is 11.7 Å². The maximum Gasteiger partial charge on any atom is 0.261 e. The molecule has 1 aliphatic rings. The van der Waals surface area contributed by atoms with E-state index >= 15 is 0 Å². The minimum atomic E-state index is -0.0674. The maximum absolute atomic E-state index is 12.8. The minimum Gasteiger partial charge on any atom is -0.484 e. The number of thiazole rings is 1. The van der Waals surface area contributed by atoms with Crippen LogP contribution in [0.3, 0.4) is 0 Å². The number of nitrogens with zero attached hydrogens (tertiary/aromatic N) is 4. The van der Waals surface area contributed by atoms with E-state index in [-0.39, 0.29) is 18.6 Å². The average molecular weight is 410 g/mol. The number of aromatic nitrogens is 3. The maximum atomic E-state index is 12.8. The number of nitrogens with one attached hydrogen (secondary N) is 1. The Morgan fingerprint density at radius 3 is 2.86 bits per heavy atom. The highest BCUT2D eigenvalue weighted by atomic mass is 32.1. The summed E-state index contributed by atoms with van der Waals surface area (Å²) in [6.07, 6.45) is 3.65. The van der Waals surface area contributed by atoms with E-state index in [1.807, 2.05) is 61.3 Å². The Morgan fingerprint density at radius 2 is 2.10 bits per heavy atom. The van der Waals surface area contributed by atoms with E-state index in [4.69, 9.17) is 4.74 Å². The van der Waals surface area contributed by atoms with Gasteiger partial charge in [-0.2, -0.15) is 0 Å². The second-order valence-electron chi connectivity index (χ2n) is 6.97. The van der Waals surface area contributed by atoms with Crippen molar-refractivity contribution in [3.63, 3.8) is 0 Å². The fourth-order valence-corrected chi connectivity index (χ4v) is 4.14. The summed E-state index contributed by atoms with van der Waals surface area (Å²) in [6.45, 7) is 4.60. The molecule has 4 rings (SSSR count). The van der Waals surface area contributed by atoms with Crippen molar-refractivity contribution in [3.05, 3.63) is 59.0 Å². The summed E-state index contributed by atoms with van der Waals surface area (Å²) in [5.41, 5.74) is 0.846. The predicted molar refractivity (Wildman–Crippen MR) is 113 cm³/mol. The first-order valence-electron chi connectivity index (χ1n) is 9.61. The van der Waals surface area contributed by atoms with Gasteiger partial charge in [0, 0.05) is 23.7 Å². The Hall–Kier alpha value is -3.00. The summed E-state index contributed by atoms with van der Waals surface area (Å²) >= 11 is 1.57. The first-order valence-corrected chi connectivity index (χ1v) is 10.4. The van der Waals surface area contributed by atoms with Gasteiger partial charge in [-0.25, -0.2) is 15.0 Å². The van der Waals surface area contributed by atoms with E-state index in [1.165, 1.54) is 0 Å². The highest BCUT2D eigenvalue weighted by Crippen LogP contribution is 2.32. The Morgan fingerprint density at radius 1 is 1.28 bits per heavy atom. The van der Waals surface area contributed by atoms with Gasteiger partial charge in [-0.3, -0.25) is 4.79 Å². The van der Waals surface area contributed by atoms with Crippen LogP contribution in [0.15, 0.2) is 42.6 Å². The van der Waals surface area contributed by atoms with Crippen LogP contribution in [0.1, 0.15) is 35.3 Å². The number of hydrogen-bond donors (Lipinski definition) is 1. The summed E-state index contributed by atoms with van der Waals surface area (Å²) in [5.74, 6) is 2.03. The van der Waals surface area contributed by atoms with Crippen molar-refractivity contribution in [1.29, 1.82) is 0 Å². The summed E-state index contributed by atoms with van der Waals surface area (Å²) in [6, 6.07) is 11.2.